The van der Waals surface area contributed by atoms with Crippen LogP contribution in [0.4, 0.5) is 13.2 Å². The second-order valence-electron chi connectivity index (χ2n) is 3.90. The third kappa shape index (κ3) is 13.8. The summed E-state index contributed by atoms with van der Waals surface area (Å²) in [6.07, 6.45) is 1.94. The van der Waals surface area contributed by atoms with Crippen molar-refractivity contribution in [3.05, 3.63) is 0 Å². The van der Waals surface area contributed by atoms with E-state index in [1.165, 1.54) is 0 Å². The van der Waals surface area contributed by atoms with Crippen LogP contribution in [0.3, 0.4) is 0 Å². The molecule has 0 unspecified atom stereocenters. The largest absolute Gasteiger partial charge is 0.389 e. The van der Waals surface area contributed by atoms with Gasteiger partial charge in [-0.2, -0.15) is 13.2 Å². The van der Waals surface area contributed by atoms with Crippen molar-refractivity contribution in [2.24, 2.45) is 0 Å². The van der Waals surface area contributed by atoms with E-state index in [4.69, 9.17) is 0 Å². The maximum atomic E-state index is 11.7. The molecule has 91 valence electrons. The summed E-state index contributed by atoms with van der Waals surface area (Å²) >= 11 is 0. The van der Waals surface area contributed by atoms with Gasteiger partial charge in [0.05, 0.1) is 6.61 Å². The molecule has 0 aliphatic carbocycles. The highest BCUT2D eigenvalue weighted by atomic mass is 19.4. The molecule has 0 bridgehead atoms. The molecule has 0 aromatic rings. The fourth-order valence-electron chi connectivity index (χ4n) is 1.49. The molecule has 1 radical (unpaired) electrons. The summed E-state index contributed by atoms with van der Waals surface area (Å²) in [4.78, 5) is 0. The summed E-state index contributed by atoms with van der Waals surface area (Å²) in [5.74, 6) is 0. The van der Waals surface area contributed by atoms with Gasteiger partial charge in [-0.15, -0.1) is 0 Å². The van der Waals surface area contributed by atoms with E-state index in [-0.39, 0.29) is 13.0 Å². The highest BCUT2D eigenvalue weighted by Gasteiger charge is 2.25. The molecule has 0 spiro atoms. The molecule has 0 saturated carbocycles. The van der Waals surface area contributed by atoms with Gasteiger partial charge in [-0.1, -0.05) is 38.5 Å². The molecule has 0 N–H and O–H groups in total. The van der Waals surface area contributed by atoms with Crippen LogP contribution >= 0.6 is 0 Å². The Morgan fingerprint density at radius 3 is 1.47 bits per heavy atom. The van der Waals surface area contributed by atoms with E-state index in [9.17, 15) is 18.3 Å². The molecule has 0 saturated heterocycles. The van der Waals surface area contributed by atoms with Gasteiger partial charge in [0, 0.05) is 6.42 Å². The third-order valence-electron chi connectivity index (χ3n) is 2.35. The summed E-state index contributed by atoms with van der Waals surface area (Å²) in [7, 11) is 0. The second-order valence-corrected chi connectivity index (χ2v) is 3.90. The van der Waals surface area contributed by atoms with Gasteiger partial charge in [-0.3, -0.25) is 0 Å². The van der Waals surface area contributed by atoms with Crippen molar-refractivity contribution in [3.8, 4) is 0 Å². The lowest BCUT2D eigenvalue weighted by Crippen LogP contribution is -2.06. The van der Waals surface area contributed by atoms with Crippen LogP contribution in [0.2, 0.25) is 0 Å². The van der Waals surface area contributed by atoms with E-state index in [1.54, 1.807) is 0 Å². The van der Waals surface area contributed by atoms with Crippen molar-refractivity contribution in [1.82, 2.24) is 0 Å². The zero-order chi connectivity index (χ0) is 11.6. The first-order valence-electron chi connectivity index (χ1n) is 5.71. The minimum Gasteiger partial charge on any atom is -0.237 e. The quantitative estimate of drug-likeness (QED) is 0.515. The van der Waals surface area contributed by atoms with Crippen molar-refractivity contribution >= 4 is 0 Å². The lowest BCUT2D eigenvalue weighted by molar-refractivity contribution is -0.135. The van der Waals surface area contributed by atoms with Gasteiger partial charge in [-0.05, 0) is 12.8 Å². The Kier molecular flexibility index (Phi) is 8.86. The number of alkyl halides is 3. The summed E-state index contributed by atoms with van der Waals surface area (Å²) < 4.78 is 35.2. The van der Waals surface area contributed by atoms with E-state index in [0.29, 0.717) is 6.42 Å². The van der Waals surface area contributed by atoms with Crippen molar-refractivity contribution in [2.45, 2.75) is 64.0 Å². The average Bonchev–Trinajstić information content (AvgIpc) is 2.14. The van der Waals surface area contributed by atoms with Crippen LogP contribution in [0.1, 0.15) is 57.8 Å². The number of halogens is 3. The summed E-state index contributed by atoms with van der Waals surface area (Å²) in [6, 6.07) is 0. The molecule has 0 heterocycles. The molecule has 0 rings (SSSR count). The van der Waals surface area contributed by atoms with Gasteiger partial charge in [0.1, 0.15) is 0 Å². The van der Waals surface area contributed by atoms with Crippen LogP contribution < -0.4 is 0 Å². The molecular weight excluding hydrogens is 205 g/mol. The first kappa shape index (κ1) is 14.8. The molecule has 0 atom stereocenters. The Morgan fingerprint density at radius 1 is 0.667 bits per heavy atom. The summed E-state index contributed by atoms with van der Waals surface area (Å²) in [5, 5.41) is 10.1. The van der Waals surface area contributed by atoms with Gasteiger partial charge < -0.3 is 0 Å². The lowest BCUT2D eigenvalue weighted by atomic mass is 10.1. The number of unbranched alkanes of at least 4 members (excludes halogenated alkanes) is 7. The number of rotatable bonds is 9. The smallest absolute Gasteiger partial charge is 0.237 e. The van der Waals surface area contributed by atoms with Gasteiger partial charge in [-0.25, -0.2) is 5.11 Å². The summed E-state index contributed by atoms with van der Waals surface area (Å²) in [5.41, 5.74) is 0. The molecular formula is C11H20F3O. The Bertz CT molecular complexity index is 134. The monoisotopic (exact) mass is 225 g/mol. The van der Waals surface area contributed by atoms with Crippen molar-refractivity contribution in [3.63, 3.8) is 0 Å². The van der Waals surface area contributed by atoms with Crippen molar-refractivity contribution in [2.75, 3.05) is 6.61 Å². The molecule has 0 aromatic carbocycles. The van der Waals surface area contributed by atoms with E-state index in [0.717, 1.165) is 38.5 Å². The van der Waals surface area contributed by atoms with Crippen LogP contribution in [-0.2, 0) is 5.11 Å². The van der Waals surface area contributed by atoms with Gasteiger partial charge in [0.2, 0.25) is 0 Å². The van der Waals surface area contributed by atoms with Crippen LogP contribution in [0, 0.1) is 0 Å². The zero-order valence-corrected chi connectivity index (χ0v) is 9.11. The third-order valence-corrected chi connectivity index (χ3v) is 2.35. The predicted molar refractivity (Wildman–Crippen MR) is 53.2 cm³/mol. The second kappa shape index (κ2) is 9.01. The molecule has 15 heavy (non-hydrogen) atoms. The normalized spacial score (nSPS) is 12.0. The highest BCUT2D eigenvalue weighted by Crippen LogP contribution is 2.23. The Morgan fingerprint density at radius 2 is 1.07 bits per heavy atom. The van der Waals surface area contributed by atoms with E-state index in [2.05, 4.69) is 0 Å². The molecule has 0 fully saturated rings. The van der Waals surface area contributed by atoms with Crippen LogP contribution in [0.5, 0.6) is 0 Å². The predicted octanol–water partition coefficient (Wildman–Crippen LogP) is 4.49. The minimum atomic E-state index is -3.99. The Hall–Kier alpha value is -0.250. The summed E-state index contributed by atoms with van der Waals surface area (Å²) in [6.45, 7) is -0.00835. The van der Waals surface area contributed by atoms with Gasteiger partial charge in [0.15, 0.2) is 0 Å². The molecule has 1 nitrogen and oxygen atoms in total. The molecule has 0 aliphatic heterocycles. The lowest BCUT2D eigenvalue weighted by Gasteiger charge is -2.05. The minimum absolute atomic E-state index is 0.00835. The Balaban J connectivity index is 2.99. The standard InChI is InChI=1S/C11H20F3O/c12-11(13,14)9-7-5-3-1-2-4-6-8-10-15/h1-10H2. The van der Waals surface area contributed by atoms with E-state index < -0.39 is 12.6 Å². The first-order chi connectivity index (χ1) is 7.06. The maximum absolute atomic E-state index is 11.7. The van der Waals surface area contributed by atoms with Crippen LogP contribution in [0.25, 0.3) is 0 Å². The van der Waals surface area contributed by atoms with Crippen molar-refractivity contribution in [1.29, 1.82) is 0 Å². The zero-order valence-electron chi connectivity index (χ0n) is 9.11. The average molecular weight is 225 g/mol. The van der Waals surface area contributed by atoms with E-state index in [1.807, 2.05) is 0 Å². The fourth-order valence-corrected chi connectivity index (χ4v) is 1.49. The topological polar surface area (TPSA) is 19.9 Å². The Labute approximate surface area is 89.7 Å². The molecule has 4 heteroatoms. The molecule has 0 aliphatic rings. The van der Waals surface area contributed by atoms with Gasteiger partial charge >= 0.3 is 6.18 Å². The van der Waals surface area contributed by atoms with Crippen LogP contribution in [-0.4, -0.2) is 12.8 Å². The first-order valence-corrected chi connectivity index (χ1v) is 5.71. The molecule has 0 aromatic heterocycles. The van der Waals surface area contributed by atoms with E-state index >= 15 is 0 Å². The number of hydrogen-bond donors (Lipinski definition) is 0. The fraction of sp³-hybridized carbons (Fsp3) is 1.00. The van der Waals surface area contributed by atoms with Gasteiger partial charge in [0.25, 0.3) is 0 Å². The van der Waals surface area contributed by atoms with Crippen molar-refractivity contribution < 1.29 is 18.3 Å². The van der Waals surface area contributed by atoms with Crippen LogP contribution in [0.15, 0.2) is 0 Å². The highest BCUT2D eigenvalue weighted by molar-refractivity contribution is 4.52. The SMILES string of the molecule is [O]CCCCCCCCCCC(F)(F)F. The molecule has 0 amide bonds. The maximum Gasteiger partial charge on any atom is 0.389 e. The number of hydrogen-bond acceptors (Lipinski definition) is 0.